The maximum absolute atomic E-state index is 11.3. The number of fused-ring (bicyclic) bond motifs is 1. The first-order valence-corrected chi connectivity index (χ1v) is 8.21. The van der Waals surface area contributed by atoms with E-state index in [1.807, 2.05) is 37.3 Å². The van der Waals surface area contributed by atoms with Crippen molar-refractivity contribution in [3.63, 3.8) is 0 Å². The van der Waals surface area contributed by atoms with E-state index in [0.717, 1.165) is 28.9 Å². The molecule has 1 aromatic carbocycles. The van der Waals surface area contributed by atoms with Crippen molar-refractivity contribution in [1.82, 2.24) is 10.3 Å². The van der Waals surface area contributed by atoms with Gasteiger partial charge in [0.15, 0.2) is 0 Å². The van der Waals surface area contributed by atoms with Crippen molar-refractivity contribution in [2.24, 2.45) is 0 Å². The summed E-state index contributed by atoms with van der Waals surface area (Å²) in [7, 11) is 0.939. The molecule has 5 heteroatoms. The van der Waals surface area contributed by atoms with Crippen molar-refractivity contribution in [3.8, 4) is 5.75 Å². The third-order valence-corrected chi connectivity index (χ3v) is 4.40. The molecule has 1 atom stereocenters. The Labute approximate surface area is 122 Å². The summed E-state index contributed by atoms with van der Waals surface area (Å²) in [6.07, 6.45) is 0. The van der Waals surface area contributed by atoms with Crippen LogP contribution in [0.1, 0.15) is 12.6 Å². The number of nitrogens with zero attached hydrogens (tertiary/aromatic N) is 1. The lowest BCUT2D eigenvalue weighted by molar-refractivity contribution is 0.419. The lowest BCUT2D eigenvalue weighted by Gasteiger charge is -2.08. The van der Waals surface area contributed by atoms with Gasteiger partial charge in [0, 0.05) is 40.8 Å². The number of nitrogens with one attached hydrogen (secondary N) is 1. The van der Waals surface area contributed by atoms with Crippen LogP contribution < -0.4 is 10.1 Å². The number of hydrogen-bond acceptors (Lipinski definition) is 4. The van der Waals surface area contributed by atoms with E-state index < -0.39 is 10.8 Å². The van der Waals surface area contributed by atoms with Crippen LogP contribution in [-0.4, -0.2) is 34.4 Å². The number of ether oxygens (including phenoxy) is 1. The highest BCUT2D eigenvalue weighted by Crippen LogP contribution is 2.23. The molecule has 0 radical (unpaired) electrons. The number of pyridine rings is 1. The van der Waals surface area contributed by atoms with E-state index >= 15 is 0 Å². The second-order valence-electron chi connectivity index (χ2n) is 4.44. The van der Waals surface area contributed by atoms with Gasteiger partial charge in [0.25, 0.3) is 0 Å². The lowest BCUT2D eigenvalue weighted by Crippen LogP contribution is -2.21. The van der Waals surface area contributed by atoms with Gasteiger partial charge in [-0.25, -0.2) is 4.98 Å². The van der Waals surface area contributed by atoms with E-state index in [1.165, 1.54) is 0 Å². The summed E-state index contributed by atoms with van der Waals surface area (Å²) in [6, 6.07) is 9.95. The van der Waals surface area contributed by atoms with Crippen LogP contribution in [0.25, 0.3) is 10.9 Å². The molecule has 1 heterocycles. The molecule has 2 aromatic rings. The molecule has 0 saturated heterocycles. The van der Waals surface area contributed by atoms with E-state index in [0.29, 0.717) is 18.1 Å². The summed E-state index contributed by atoms with van der Waals surface area (Å²) in [4.78, 5) is 4.62. The van der Waals surface area contributed by atoms with Crippen LogP contribution in [-0.2, 0) is 17.3 Å². The van der Waals surface area contributed by atoms with Gasteiger partial charge in [-0.15, -0.1) is 0 Å². The van der Waals surface area contributed by atoms with Gasteiger partial charge in [0.1, 0.15) is 11.3 Å². The number of benzene rings is 1. The number of aromatic nitrogens is 1. The topological polar surface area (TPSA) is 51.2 Å². The van der Waals surface area contributed by atoms with Gasteiger partial charge < -0.3 is 10.1 Å². The molecule has 0 aliphatic carbocycles. The molecule has 0 amide bonds. The molecule has 0 saturated carbocycles. The summed E-state index contributed by atoms with van der Waals surface area (Å²) in [5, 5.41) is 4.34. The van der Waals surface area contributed by atoms with Crippen LogP contribution in [0.5, 0.6) is 5.75 Å². The fraction of sp³-hybridized carbons (Fsp3) is 0.400. The predicted molar refractivity (Wildman–Crippen MR) is 83.6 cm³/mol. The molecule has 0 spiro atoms. The van der Waals surface area contributed by atoms with E-state index in [1.54, 1.807) is 7.11 Å². The maximum atomic E-state index is 11.3. The minimum atomic E-state index is -0.715. The third-order valence-electron chi connectivity index (χ3n) is 3.10. The lowest BCUT2D eigenvalue weighted by atomic mass is 10.2. The molecule has 1 aromatic heterocycles. The Balaban J connectivity index is 2.02. The van der Waals surface area contributed by atoms with Crippen molar-refractivity contribution in [2.75, 3.05) is 25.2 Å². The number of para-hydroxylation sites is 1. The molecule has 0 aliphatic heterocycles. The fourth-order valence-corrected chi connectivity index (χ4v) is 2.63. The number of methoxy groups -OCH3 is 1. The molecule has 20 heavy (non-hydrogen) atoms. The van der Waals surface area contributed by atoms with Gasteiger partial charge in [-0.3, -0.25) is 4.21 Å². The van der Waals surface area contributed by atoms with Gasteiger partial charge in [0.2, 0.25) is 0 Å². The molecule has 0 bridgehead atoms. The normalized spacial score (nSPS) is 12.5. The Hall–Kier alpha value is -1.46. The van der Waals surface area contributed by atoms with E-state index in [-0.39, 0.29) is 0 Å². The number of rotatable bonds is 7. The summed E-state index contributed by atoms with van der Waals surface area (Å²) >= 11 is 0. The molecule has 4 nitrogen and oxygen atoms in total. The van der Waals surface area contributed by atoms with Crippen molar-refractivity contribution >= 4 is 21.7 Å². The Morgan fingerprint density at radius 1 is 1.30 bits per heavy atom. The largest absolute Gasteiger partial charge is 0.494 e. The van der Waals surface area contributed by atoms with Crippen molar-refractivity contribution in [1.29, 1.82) is 0 Å². The van der Waals surface area contributed by atoms with E-state index in [2.05, 4.69) is 10.3 Å². The highest BCUT2D eigenvalue weighted by Gasteiger charge is 2.04. The Kier molecular flexibility index (Phi) is 5.49. The summed E-state index contributed by atoms with van der Waals surface area (Å²) < 4.78 is 16.7. The maximum Gasteiger partial charge on any atom is 0.145 e. The minimum Gasteiger partial charge on any atom is -0.494 e. The van der Waals surface area contributed by atoms with Gasteiger partial charge in [-0.1, -0.05) is 25.1 Å². The van der Waals surface area contributed by atoms with Crippen LogP contribution >= 0.6 is 0 Å². The Bertz CT molecular complexity index is 601. The molecule has 0 fully saturated rings. The molecular weight excluding hydrogens is 272 g/mol. The van der Waals surface area contributed by atoms with Crippen LogP contribution in [0, 0.1) is 0 Å². The highest BCUT2D eigenvalue weighted by molar-refractivity contribution is 7.84. The first-order chi connectivity index (χ1) is 9.74. The van der Waals surface area contributed by atoms with Crippen molar-refractivity contribution in [2.45, 2.75) is 13.5 Å². The smallest absolute Gasteiger partial charge is 0.145 e. The zero-order valence-electron chi connectivity index (χ0n) is 11.9. The molecule has 1 N–H and O–H groups in total. The van der Waals surface area contributed by atoms with Crippen molar-refractivity contribution in [3.05, 3.63) is 36.0 Å². The number of hydrogen-bond donors (Lipinski definition) is 1. The van der Waals surface area contributed by atoms with Gasteiger partial charge in [0.05, 0.1) is 12.8 Å². The predicted octanol–water partition coefficient (Wildman–Crippen LogP) is 2.10. The van der Waals surface area contributed by atoms with E-state index in [4.69, 9.17) is 4.74 Å². The van der Waals surface area contributed by atoms with Crippen molar-refractivity contribution < 1.29 is 8.95 Å². The second-order valence-corrected chi connectivity index (χ2v) is 6.31. The highest BCUT2D eigenvalue weighted by atomic mass is 32.2. The quantitative estimate of drug-likeness (QED) is 0.794. The van der Waals surface area contributed by atoms with Gasteiger partial charge in [-0.2, -0.15) is 0 Å². The monoisotopic (exact) mass is 292 g/mol. The molecule has 1 unspecified atom stereocenters. The van der Waals surface area contributed by atoms with Crippen LogP contribution in [0.3, 0.4) is 0 Å². The van der Waals surface area contributed by atoms with Gasteiger partial charge >= 0.3 is 0 Å². The third kappa shape index (κ3) is 3.77. The zero-order chi connectivity index (χ0) is 14.4. The van der Waals surface area contributed by atoms with Crippen LogP contribution in [0.4, 0.5) is 0 Å². The summed E-state index contributed by atoms with van der Waals surface area (Å²) in [5.41, 5.74) is 1.84. The summed E-state index contributed by atoms with van der Waals surface area (Å²) in [5.74, 6) is 2.19. The first-order valence-electron chi connectivity index (χ1n) is 6.73. The fourth-order valence-electron chi connectivity index (χ4n) is 1.97. The van der Waals surface area contributed by atoms with E-state index in [9.17, 15) is 4.21 Å². The molecule has 108 valence electrons. The average molecular weight is 292 g/mol. The molecular formula is C15H20N2O2S. The average Bonchev–Trinajstić information content (AvgIpc) is 2.50. The zero-order valence-corrected chi connectivity index (χ0v) is 12.7. The van der Waals surface area contributed by atoms with Crippen LogP contribution in [0.15, 0.2) is 30.3 Å². The second kappa shape index (κ2) is 7.36. The molecule has 2 rings (SSSR count). The summed E-state index contributed by atoms with van der Waals surface area (Å²) in [6.45, 7) is 3.36. The minimum absolute atomic E-state index is 0.675. The standard InChI is InChI=1S/C15H20N2O2S/c1-3-20(18)10-9-16-11-13-8-7-12-5-4-6-14(19-2)15(12)17-13/h4-8,16H,3,9-11H2,1-2H3. The van der Waals surface area contributed by atoms with Gasteiger partial charge in [-0.05, 0) is 12.1 Å². The molecule has 0 aliphatic rings. The first kappa shape index (κ1) is 14.9. The Morgan fingerprint density at radius 2 is 2.15 bits per heavy atom. The van der Waals surface area contributed by atoms with Crippen LogP contribution in [0.2, 0.25) is 0 Å². The SMILES string of the molecule is CCS(=O)CCNCc1ccc2cccc(OC)c2n1. The Morgan fingerprint density at radius 3 is 2.90 bits per heavy atom.